The number of carbonyl (C=O) groups is 2. The summed E-state index contributed by atoms with van der Waals surface area (Å²) in [6, 6.07) is 5.14. The Bertz CT molecular complexity index is 594. The van der Waals surface area contributed by atoms with Gasteiger partial charge in [-0.25, -0.2) is 0 Å². The van der Waals surface area contributed by atoms with Crippen LogP contribution in [0.3, 0.4) is 0 Å². The molecule has 1 heterocycles. The lowest BCUT2D eigenvalue weighted by molar-refractivity contribution is -0.118. The normalized spacial score (nSPS) is 19.6. The number of nitrogens with one attached hydrogen (secondary N) is 2. The molecule has 1 atom stereocenters. The van der Waals surface area contributed by atoms with Crippen LogP contribution >= 0.6 is 0 Å². The van der Waals surface area contributed by atoms with Gasteiger partial charge in [-0.15, -0.1) is 0 Å². The van der Waals surface area contributed by atoms with E-state index in [1.54, 1.807) is 0 Å². The van der Waals surface area contributed by atoms with Crippen LogP contribution < -0.4 is 16.4 Å². The highest BCUT2D eigenvalue weighted by Gasteiger charge is 2.22. The van der Waals surface area contributed by atoms with Crippen LogP contribution in [0.15, 0.2) is 18.2 Å². The third kappa shape index (κ3) is 4.10. The predicted octanol–water partition coefficient (Wildman–Crippen LogP) is 2.81. The molecular weight excluding hydrogens is 290 g/mol. The molecule has 2 amide bonds. The van der Waals surface area contributed by atoms with Gasteiger partial charge >= 0.3 is 0 Å². The summed E-state index contributed by atoms with van der Waals surface area (Å²) in [7, 11) is 0. The second kappa shape index (κ2) is 7.13. The number of amides is 2. The van der Waals surface area contributed by atoms with Crippen molar-refractivity contribution in [3.05, 3.63) is 23.8 Å². The average Bonchev–Trinajstić information content (AvgIpc) is 2.56. The first kappa shape index (κ1) is 16.0. The molecule has 1 saturated carbocycles. The molecule has 0 aromatic heterocycles. The van der Waals surface area contributed by atoms with Gasteiger partial charge in [-0.3, -0.25) is 9.59 Å². The van der Waals surface area contributed by atoms with Crippen molar-refractivity contribution in [3.63, 3.8) is 0 Å². The number of fused-ring (bicyclic) bond motifs is 1. The van der Waals surface area contributed by atoms with Crippen molar-refractivity contribution in [1.29, 1.82) is 0 Å². The van der Waals surface area contributed by atoms with Gasteiger partial charge in [0.1, 0.15) is 0 Å². The molecule has 5 nitrogen and oxygen atoms in total. The molecule has 0 radical (unpaired) electrons. The first-order valence-electron chi connectivity index (χ1n) is 8.61. The summed E-state index contributed by atoms with van der Waals surface area (Å²) < 4.78 is 0. The largest absolute Gasteiger partial charge is 0.326 e. The molecule has 3 rings (SSSR count). The van der Waals surface area contributed by atoms with Gasteiger partial charge in [0.25, 0.3) is 0 Å². The van der Waals surface area contributed by atoms with E-state index in [0.717, 1.165) is 23.4 Å². The summed E-state index contributed by atoms with van der Waals surface area (Å²) in [5, 5.41) is 5.76. The Morgan fingerprint density at radius 3 is 2.83 bits per heavy atom. The van der Waals surface area contributed by atoms with E-state index in [9.17, 15) is 9.59 Å². The lowest BCUT2D eigenvalue weighted by atomic mass is 9.85. The van der Waals surface area contributed by atoms with Gasteiger partial charge in [-0.05, 0) is 42.5 Å². The van der Waals surface area contributed by atoms with Crippen LogP contribution in [0.2, 0.25) is 0 Å². The molecule has 4 N–H and O–H groups in total. The molecule has 23 heavy (non-hydrogen) atoms. The molecular formula is C18H25N3O2. The van der Waals surface area contributed by atoms with E-state index in [0.29, 0.717) is 18.8 Å². The van der Waals surface area contributed by atoms with Crippen LogP contribution in [0.4, 0.5) is 11.4 Å². The topological polar surface area (TPSA) is 84.2 Å². The van der Waals surface area contributed by atoms with E-state index >= 15 is 0 Å². The lowest BCUT2D eigenvalue weighted by Crippen LogP contribution is -2.37. The minimum absolute atomic E-state index is 0.0452. The van der Waals surface area contributed by atoms with Crippen molar-refractivity contribution in [3.8, 4) is 0 Å². The zero-order valence-corrected chi connectivity index (χ0v) is 13.4. The fraction of sp³-hybridized carbons (Fsp3) is 0.556. The van der Waals surface area contributed by atoms with E-state index in [1.807, 2.05) is 18.2 Å². The van der Waals surface area contributed by atoms with Crippen LogP contribution in [0.25, 0.3) is 0 Å². The van der Waals surface area contributed by atoms with Gasteiger partial charge in [-0.1, -0.05) is 32.1 Å². The highest BCUT2D eigenvalue weighted by Crippen LogP contribution is 2.28. The third-order valence-electron chi connectivity index (χ3n) is 4.92. The smallest absolute Gasteiger partial charge is 0.241 e. The number of carbonyl (C=O) groups excluding carboxylic acids is 2. The van der Waals surface area contributed by atoms with Crippen LogP contribution in [-0.4, -0.2) is 17.9 Å². The Labute approximate surface area is 137 Å². The van der Waals surface area contributed by atoms with E-state index in [2.05, 4.69) is 10.6 Å². The van der Waals surface area contributed by atoms with E-state index in [-0.39, 0.29) is 11.8 Å². The van der Waals surface area contributed by atoms with Crippen molar-refractivity contribution >= 4 is 23.2 Å². The fourth-order valence-corrected chi connectivity index (χ4v) is 3.59. The number of benzene rings is 1. The van der Waals surface area contributed by atoms with Crippen LogP contribution in [-0.2, 0) is 16.0 Å². The first-order valence-corrected chi connectivity index (χ1v) is 8.61. The third-order valence-corrected chi connectivity index (χ3v) is 4.92. The highest BCUT2D eigenvalue weighted by atomic mass is 16.2. The second-order valence-electron chi connectivity index (χ2n) is 6.76. The maximum Gasteiger partial charge on any atom is 0.241 e. The number of aryl methyl sites for hydroxylation is 1. The predicted molar refractivity (Wildman–Crippen MR) is 91.2 cm³/mol. The van der Waals surface area contributed by atoms with Gasteiger partial charge < -0.3 is 16.4 Å². The Morgan fingerprint density at radius 2 is 2.04 bits per heavy atom. The molecule has 124 valence electrons. The molecule has 1 aromatic carbocycles. The number of hydrogen-bond acceptors (Lipinski definition) is 3. The molecule has 2 aliphatic rings. The zero-order chi connectivity index (χ0) is 16.2. The van der Waals surface area contributed by atoms with Crippen LogP contribution in [0.5, 0.6) is 0 Å². The van der Waals surface area contributed by atoms with Gasteiger partial charge in [-0.2, -0.15) is 0 Å². The quantitative estimate of drug-likeness (QED) is 0.799. The van der Waals surface area contributed by atoms with Gasteiger partial charge in [0.05, 0.1) is 6.04 Å². The summed E-state index contributed by atoms with van der Waals surface area (Å²) in [6.45, 7) is 0. The summed E-state index contributed by atoms with van der Waals surface area (Å²) >= 11 is 0. The molecule has 1 aliphatic heterocycles. The summed E-state index contributed by atoms with van der Waals surface area (Å²) in [5.41, 5.74) is 8.73. The molecule has 1 aromatic rings. The number of rotatable bonds is 4. The number of nitrogens with two attached hydrogens (primary N) is 1. The van der Waals surface area contributed by atoms with Gasteiger partial charge in [0.2, 0.25) is 11.8 Å². The Balaban J connectivity index is 1.57. The average molecular weight is 315 g/mol. The van der Waals surface area contributed by atoms with Crippen LogP contribution in [0, 0.1) is 5.92 Å². The molecule has 0 spiro atoms. The molecule has 0 saturated heterocycles. The fourth-order valence-electron chi connectivity index (χ4n) is 3.59. The molecule has 1 fully saturated rings. The van der Waals surface area contributed by atoms with E-state index in [4.69, 9.17) is 5.73 Å². The Kier molecular flexibility index (Phi) is 4.96. The van der Waals surface area contributed by atoms with Crippen molar-refractivity contribution < 1.29 is 9.59 Å². The highest BCUT2D eigenvalue weighted by molar-refractivity contribution is 5.97. The van der Waals surface area contributed by atoms with Gasteiger partial charge in [0, 0.05) is 17.8 Å². The number of anilines is 2. The summed E-state index contributed by atoms with van der Waals surface area (Å²) in [4.78, 5) is 23.7. The zero-order valence-electron chi connectivity index (χ0n) is 13.4. The molecule has 1 unspecified atom stereocenters. The minimum atomic E-state index is -0.450. The molecule has 1 aliphatic carbocycles. The van der Waals surface area contributed by atoms with Crippen LogP contribution in [0.1, 0.15) is 50.5 Å². The summed E-state index contributed by atoms with van der Waals surface area (Å²) in [6.07, 6.45) is 8.19. The lowest BCUT2D eigenvalue weighted by Gasteiger charge is -2.24. The van der Waals surface area contributed by atoms with Crippen molar-refractivity contribution in [2.24, 2.45) is 11.7 Å². The Hall–Kier alpha value is -1.88. The maximum atomic E-state index is 12.3. The van der Waals surface area contributed by atoms with Crippen molar-refractivity contribution in [2.45, 2.75) is 57.4 Å². The standard InChI is InChI=1S/C18H25N3O2/c19-15(10-12-4-2-1-3-5-12)18(23)20-14-7-8-16-13(11-14)6-9-17(22)21-16/h7-8,11-12,15H,1-6,9-10,19H2,(H,20,23)(H,21,22). The monoisotopic (exact) mass is 315 g/mol. The molecule has 0 bridgehead atoms. The SMILES string of the molecule is NC(CC1CCCCC1)C(=O)Nc1ccc2c(c1)CCC(=O)N2. The first-order chi connectivity index (χ1) is 11.1. The maximum absolute atomic E-state index is 12.3. The minimum Gasteiger partial charge on any atom is -0.326 e. The number of hydrogen-bond donors (Lipinski definition) is 3. The van der Waals surface area contributed by atoms with Gasteiger partial charge in [0.15, 0.2) is 0 Å². The van der Waals surface area contributed by atoms with E-state index in [1.165, 1.54) is 32.1 Å². The molecule has 5 heteroatoms. The summed E-state index contributed by atoms with van der Waals surface area (Å²) in [5.74, 6) is 0.516. The van der Waals surface area contributed by atoms with Crippen molar-refractivity contribution in [1.82, 2.24) is 0 Å². The Morgan fingerprint density at radius 1 is 1.26 bits per heavy atom. The van der Waals surface area contributed by atoms with E-state index < -0.39 is 6.04 Å². The second-order valence-corrected chi connectivity index (χ2v) is 6.76. The van der Waals surface area contributed by atoms with Crippen molar-refractivity contribution in [2.75, 3.05) is 10.6 Å².